The summed E-state index contributed by atoms with van der Waals surface area (Å²) < 4.78 is 42.9. The predicted octanol–water partition coefficient (Wildman–Crippen LogP) is 3.66. The molecule has 20 heavy (non-hydrogen) atoms. The van der Waals surface area contributed by atoms with Crippen LogP contribution in [0.25, 0.3) is 0 Å². The number of hydrogen-bond donors (Lipinski definition) is 1. The van der Waals surface area contributed by atoms with E-state index in [4.69, 9.17) is 10.00 Å². The first kappa shape index (κ1) is 16.3. The maximum atomic E-state index is 12.5. The zero-order valence-electron chi connectivity index (χ0n) is 11.4. The van der Waals surface area contributed by atoms with Crippen LogP contribution in [-0.2, 0) is 10.9 Å². The van der Waals surface area contributed by atoms with Crippen molar-refractivity contribution in [2.45, 2.75) is 20.0 Å². The quantitative estimate of drug-likeness (QED) is 0.812. The van der Waals surface area contributed by atoms with E-state index in [9.17, 15) is 13.2 Å². The Kier molecular flexibility index (Phi) is 5.83. The Balaban J connectivity index is 2.61. The Morgan fingerprint density at radius 3 is 2.60 bits per heavy atom. The summed E-state index contributed by atoms with van der Waals surface area (Å²) in [5.74, 6) is 0.427. The first-order valence-corrected chi connectivity index (χ1v) is 6.27. The lowest BCUT2D eigenvalue weighted by Crippen LogP contribution is -2.13. The van der Waals surface area contributed by atoms with Crippen LogP contribution in [0, 0.1) is 17.2 Å². The normalized spacial score (nSPS) is 11.4. The molecule has 6 heteroatoms. The van der Waals surface area contributed by atoms with Crippen LogP contribution in [0.2, 0.25) is 0 Å². The molecule has 0 saturated carbocycles. The molecular weight excluding hydrogens is 269 g/mol. The predicted molar refractivity (Wildman–Crippen MR) is 70.3 cm³/mol. The van der Waals surface area contributed by atoms with E-state index in [-0.39, 0.29) is 5.56 Å². The molecular formula is C14H17F3N2O. The van der Waals surface area contributed by atoms with Crippen LogP contribution in [0.4, 0.5) is 18.9 Å². The van der Waals surface area contributed by atoms with Gasteiger partial charge in [-0.25, -0.2) is 0 Å². The highest BCUT2D eigenvalue weighted by atomic mass is 19.4. The van der Waals surface area contributed by atoms with Gasteiger partial charge in [0.2, 0.25) is 0 Å². The van der Waals surface area contributed by atoms with Crippen LogP contribution in [0.15, 0.2) is 18.2 Å². The van der Waals surface area contributed by atoms with Gasteiger partial charge in [-0.3, -0.25) is 0 Å². The summed E-state index contributed by atoms with van der Waals surface area (Å²) in [6.07, 6.45) is -4.44. The molecule has 0 saturated heterocycles. The molecule has 0 fully saturated rings. The smallest absolute Gasteiger partial charge is 0.382 e. The molecule has 1 aromatic carbocycles. The Morgan fingerprint density at radius 1 is 1.35 bits per heavy atom. The van der Waals surface area contributed by atoms with Crippen molar-refractivity contribution in [1.82, 2.24) is 0 Å². The zero-order valence-corrected chi connectivity index (χ0v) is 11.4. The first-order valence-electron chi connectivity index (χ1n) is 6.27. The van der Waals surface area contributed by atoms with Gasteiger partial charge in [0.1, 0.15) is 6.07 Å². The molecule has 3 nitrogen and oxygen atoms in total. The van der Waals surface area contributed by atoms with Crippen LogP contribution in [0.5, 0.6) is 0 Å². The third-order valence-electron chi connectivity index (χ3n) is 2.48. The minimum atomic E-state index is -4.44. The third-order valence-corrected chi connectivity index (χ3v) is 2.48. The van der Waals surface area contributed by atoms with Crippen molar-refractivity contribution >= 4 is 5.69 Å². The molecule has 0 radical (unpaired) electrons. The molecule has 0 heterocycles. The Morgan fingerprint density at radius 2 is 2.05 bits per heavy atom. The second-order valence-electron chi connectivity index (χ2n) is 4.77. The van der Waals surface area contributed by atoms with Gasteiger partial charge < -0.3 is 10.1 Å². The summed E-state index contributed by atoms with van der Waals surface area (Å²) in [6, 6.07) is 4.83. The molecule has 0 unspecified atom stereocenters. The topological polar surface area (TPSA) is 45.0 Å². The van der Waals surface area contributed by atoms with E-state index < -0.39 is 11.7 Å². The van der Waals surface area contributed by atoms with Crippen LogP contribution < -0.4 is 5.32 Å². The van der Waals surface area contributed by atoms with E-state index in [0.29, 0.717) is 31.4 Å². The minimum Gasteiger partial charge on any atom is -0.382 e. The molecule has 0 amide bonds. The van der Waals surface area contributed by atoms with Crippen molar-refractivity contribution in [3.05, 3.63) is 29.3 Å². The fourth-order valence-corrected chi connectivity index (χ4v) is 1.54. The van der Waals surface area contributed by atoms with Gasteiger partial charge in [-0.1, -0.05) is 13.8 Å². The molecule has 0 aliphatic carbocycles. The molecule has 0 aromatic heterocycles. The second-order valence-corrected chi connectivity index (χ2v) is 4.77. The number of nitriles is 1. The van der Waals surface area contributed by atoms with Gasteiger partial charge >= 0.3 is 6.18 Å². The highest BCUT2D eigenvalue weighted by Gasteiger charge is 2.30. The number of benzene rings is 1. The average molecular weight is 286 g/mol. The van der Waals surface area contributed by atoms with Gasteiger partial charge in [0.25, 0.3) is 0 Å². The number of halogens is 3. The molecule has 1 aromatic rings. The van der Waals surface area contributed by atoms with Crippen LogP contribution in [-0.4, -0.2) is 19.8 Å². The summed E-state index contributed by atoms with van der Waals surface area (Å²) in [6.45, 7) is 5.55. The lowest BCUT2D eigenvalue weighted by Gasteiger charge is -2.12. The molecule has 0 atom stereocenters. The van der Waals surface area contributed by atoms with Crippen molar-refractivity contribution in [2.24, 2.45) is 5.92 Å². The Hall–Kier alpha value is -1.74. The molecule has 110 valence electrons. The summed E-state index contributed by atoms with van der Waals surface area (Å²) in [7, 11) is 0. The molecule has 0 bridgehead atoms. The lowest BCUT2D eigenvalue weighted by atomic mass is 10.1. The number of anilines is 1. The first-order chi connectivity index (χ1) is 9.34. The highest BCUT2D eigenvalue weighted by molar-refractivity contribution is 5.58. The number of ether oxygens (including phenoxy) is 1. The monoisotopic (exact) mass is 286 g/mol. The van der Waals surface area contributed by atoms with Crippen LogP contribution in [0.3, 0.4) is 0 Å². The number of hydrogen-bond acceptors (Lipinski definition) is 3. The molecule has 0 aliphatic rings. The van der Waals surface area contributed by atoms with Crippen LogP contribution >= 0.6 is 0 Å². The second kappa shape index (κ2) is 7.15. The zero-order chi connectivity index (χ0) is 15.2. The van der Waals surface area contributed by atoms with Gasteiger partial charge in [0.15, 0.2) is 0 Å². The third kappa shape index (κ3) is 5.10. The van der Waals surface area contributed by atoms with Crippen molar-refractivity contribution in [1.29, 1.82) is 5.26 Å². The van der Waals surface area contributed by atoms with Crippen LogP contribution in [0.1, 0.15) is 25.0 Å². The van der Waals surface area contributed by atoms with Gasteiger partial charge in [0.05, 0.1) is 23.4 Å². The number of nitrogens with zero attached hydrogens (tertiary/aromatic N) is 1. The van der Waals surface area contributed by atoms with Crippen molar-refractivity contribution < 1.29 is 17.9 Å². The number of alkyl halides is 3. The Labute approximate surface area is 116 Å². The summed E-state index contributed by atoms with van der Waals surface area (Å²) in [5.41, 5.74) is -0.465. The van der Waals surface area contributed by atoms with Gasteiger partial charge in [0, 0.05) is 13.2 Å². The van der Waals surface area contributed by atoms with E-state index in [2.05, 4.69) is 5.32 Å². The van der Waals surface area contributed by atoms with E-state index in [1.165, 1.54) is 6.07 Å². The SMILES string of the molecule is CC(C)COCCNc1ccc(C(F)(F)F)cc1C#N. The number of nitrogens with one attached hydrogen (secondary N) is 1. The average Bonchev–Trinajstić information content (AvgIpc) is 2.36. The largest absolute Gasteiger partial charge is 0.416 e. The van der Waals surface area contributed by atoms with Gasteiger partial charge in [-0.05, 0) is 24.1 Å². The van der Waals surface area contributed by atoms with Gasteiger partial charge in [-0.2, -0.15) is 18.4 Å². The van der Waals surface area contributed by atoms with E-state index in [1.54, 1.807) is 6.07 Å². The molecule has 0 aliphatic heterocycles. The fourth-order valence-electron chi connectivity index (χ4n) is 1.54. The standard InChI is InChI=1S/C14H17F3N2O/c1-10(2)9-20-6-5-19-13-4-3-12(14(15,16)17)7-11(13)8-18/h3-4,7,10,19H,5-6,9H2,1-2H3. The minimum absolute atomic E-state index is 0.0244. The fraction of sp³-hybridized carbons (Fsp3) is 0.500. The molecule has 1 rings (SSSR count). The van der Waals surface area contributed by atoms with E-state index >= 15 is 0 Å². The maximum Gasteiger partial charge on any atom is 0.416 e. The summed E-state index contributed by atoms with van der Waals surface area (Å²) in [5, 5.41) is 11.8. The maximum absolute atomic E-state index is 12.5. The van der Waals surface area contributed by atoms with Crippen molar-refractivity contribution in [3.8, 4) is 6.07 Å². The summed E-state index contributed by atoms with van der Waals surface area (Å²) in [4.78, 5) is 0. The Bertz CT molecular complexity index is 478. The summed E-state index contributed by atoms with van der Waals surface area (Å²) >= 11 is 0. The lowest BCUT2D eigenvalue weighted by molar-refractivity contribution is -0.137. The highest BCUT2D eigenvalue weighted by Crippen LogP contribution is 2.31. The van der Waals surface area contributed by atoms with E-state index in [0.717, 1.165) is 12.1 Å². The number of rotatable bonds is 6. The van der Waals surface area contributed by atoms with E-state index in [1.807, 2.05) is 13.8 Å². The molecule has 0 spiro atoms. The van der Waals surface area contributed by atoms with Crippen molar-refractivity contribution in [2.75, 3.05) is 25.1 Å². The van der Waals surface area contributed by atoms with Gasteiger partial charge in [-0.15, -0.1) is 0 Å². The van der Waals surface area contributed by atoms with Crippen molar-refractivity contribution in [3.63, 3.8) is 0 Å². The molecule has 1 N–H and O–H groups in total.